The van der Waals surface area contributed by atoms with Crippen molar-refractivity contribution in [2.45, 2.75) is 26.9 Å². The van der Waals surface area contributed by atoms with Gasteiger partial charge in [-0.15, -0.1) is 0 Å². The van der Waals surface area contributed by atoms with Gasteiger partial charge in [0.1, 0.15) is 5.76 Å². The molecule has 3 aromatic rings. The number of hydrogen-bond donors (Lipinski definition) is 1. The van der Waals surface area contributed by atoms with E-state index in [0.29, 0.717) is 22.6 Å². The fourth-order valence-electron chi connectivity index (χ4n) is 3.11. The van der Waals surface area contributed by atoms with Crippen molar-refractivity contribution in [3.05, 3.63) is 76.7 Å². The summed E-state index contributed by atoms with van der Waals surface area (Å²) in [5.74, 6) is 0.668. The largest absolute Gasteiger partial charge is 0.416 e. The smallest absolute Gasteiger partial charge is 0.398 e. The molecule has 140 valence electrons. The van der Waals surface area contributed by atoms with Crippen LogP contribution in [0.15, 0.2) is 47.5 Å². The van der Waals surface area contributed by atoms with Gasteiger partial charge in [0.25, 0.3) is 0 Å². The first-order valence-corrected chi connectivity index (χ1v) is 8.30. The average Bonchev–Trinajstić information content (AvgIpc) is 2.94. The van der Waals surface area contributed by atoms with E-state index < -0.39 is 11.7 Å². The Hall–Kier alpha value is -3.02. The van der Waals surface area contributed by atoms with Gasteiger partial charge in [0, 0.05) is 11.3 Å². The van der Waals surface area contributed by atoms with E-state index in [4.69, 9.17) is 10.3 Å². The van der Waals surface area contributed by atoms with Crippen LogP contribution < -0.4 is 5.73 Å². The molecule has 3 nitrogen and oxygen atoms in total. The average molecular weight is 372 g/mol. The third-order valence-corrected chi connectivity index (χ3v) is 4.66. The summed E-state index contributed by atoms with van der Waals surface area (Å²) in [5, 5.41) is 3.97. The van der Waals surface area contributed by atoms with E-state index in [2.05, 4.69) is 11.7 Å². The number of benzene rings is 2. The molecule has 0 aliphatic carbocycles. The van der Waals surface area contributed by atoms with Gasteiger partial charge in [-0.1, -0.05) is 23.9 Å². The van der Waals surface area contributed by atoms with Gasteiger partial charge in [-0.2, -0.15) is 13.2 Å². The molecule has 0 amide bonds. The molecular formula is C21H19F3N2O. The number of aryl methyl sites for hydroxylation is 2. The molecule has 0 aliphatic heterocycles. The fraction of sp³-hybridized carbons (Fsp3) is 0.190. The van der Waals surface area contributed by atoms with Crippen molar-refractivity contribution >= 4 is 11.3 Å². The van der Waals surface area contributed by atoms with Crippen LogP contribution in [0, 0.1) is 20.8 Å². The maximum Gasteiger partial charge on any atom is 0.416 e. The van der Waals surface area contributed by atoms with Gasteiger partial charge >= 0.3 is 6.18 Å². The van der Waals surface area contributed by atoms with Gasteiger partial charge < -0.3 is 10.3 Å². The highest BCUT2D eigenvalue weighted by Crippen LogP contribution is 2.36. The summed E-state index contributed by atoms with van der Waals surface area (Å²) in [6.07, 6.45) is -4.37. The third kappa shape index (κ3) is 3.47. The Bertz CT molecular complexity index is 996. The normalized spacial score (nSPS) is 11.6. The zero-order chi connectivity index (χ0) is 19.9. The fourth-order valence-corrected chi connectivity index (χ4v) is 3.11. The Morgan fingerprint density at radius 2 is 1.70 bits per heavy atom. The molecule has 0 aliphatic rings. The van der Waals surface area contributed by atoms with Crippen LogP contribution in [-0.4, -0.2) is 5.16 Å². The third-order valence-electron chi connectivity index (χ3n) is 4.66. The second-order valence-corrected chi connectivity index (χ2v) is 6.49. The second-order valence-electron chi connectivity index (χ2n) is 6.49. The predicted molar refractivity (Wildman–Crippen MR) is 100 cm³/mol. The molecule has 0 saturated carbocycles. The minimum atomic E-state index is -4.37. The Labute approximate surface area is 155 Å². The molecular weight excluding hydrogens is 353 g/mol. The molecule has 0 spiro atoms. The van der Waals surface area contributed by atoms with Gasteiger partial charge in [0.05, 0.1) is 11.3 Å². The minimum Gasteiger partial charge on any atom is -0.398 e. The number of alkyl halides is 3. The number of nitrogen functional groups attached to an aromatic ring is 1. The maximum atomic E-state index is 12.8. The Balaban J connectivity index is 2.07. The van der Waals surface area contributed by atoms with Crippen LogP contribution in [0.25, 0.3) is 16.7 Å². The van der Waals surface area contributed by atoms with E-state index in [1.165, 1.54) is 12.1 Å². The van der Waals surface area contributed by atoms with E-state index in [1.54, 1.807) is 0 Å². The standard InChI is InChI=1S/C21H19F3N2O/c1-11(15-5-7-17(8-6-15)21(22,23)24)18-9-16(10-19(25)12(18)2)20-13(3)26-27-14(20)4/h5-10H,1,25H2,2-4H3. The number of anilines is 1. The summed E-state index contributed by atoms with van der Waals surface area (Å²) in [7, 11) is 0. The summed E-state index contributed by atoms with van der Waals surface area (Å²) in [6.45, 7) is 9.59. The van der Waals surface area contributed by atoms with Crippen molar-refractivity contribution < 1.29 is 17.7 Å². The quantitative estimate of drug-likeness (QED) is 0.580. The SMILES string of the molecule is C=C(c1ccc(C(F)(F)F)cc1)c1cc(-c2c(C)noc2C)cc(N)c1C. The van der Waals surface area contributed by atoms with E-state index >= 15 is 0 Å². The van der Waals surface area contributed by atoms with Gasteiger partial charge in [0.2, 0.25) is 0 Å². The summed E-state index contributed by atoms with van der Waals surface area (Å²) in [6, 6.07) is 8.70. The Kier molecular flexibility index (Phi) is 4.59. The maximum absolute atomic E-state index is 12.8. The minimum absolute atomic E-state index is 0.565. The highest BCUT2D eigenvalue weighted by molar-refractivity contribution is 5.86. The predicted octanol–water partition coefficient (Wildman–Crippen LogP) is 5.93. The van der Waals surface area contributed by atoms with Crippen molar-refractivity contribution in [1.82, 2.24) is 5.16 Å². The van der Waals surface area contributed by atoms with Crippen molar-refractivity contribution in [2.75, 3.05) is 5.73 Å². The van der Waals surface area contributed by atoms with Crippen molar-refractivity contribution in [2.24, 2.45) is 0 Å². The molecule has 3 rings (SSSR count). The first-order chi connectivity index (χ1) is 12.6. The van der Waals surface area contributed by atoms with E-state index in [-0.39, 0.29) is 0 Å². The molecule has 2 aromatic carbocycles. The summed E-state index contributed by atoms with van der Waals surface area (Å²) >= 11 is 0. The zero-order valence-electron chi connectivity index (χ0n) is 15.2. The monoisotopic (exact) mass is 372 g/mol. The van der Waals surface area contributed by atoms with Crippen LogP contribution >= 0.6 is 0 Å². The lowest BCUT2D eigenvalue weighted by Crippen LogP contribution is -2.04. The molecule has 6 heteroatoms. The molecule has 0 atom stereocenters. The number of nitrogens with two attached hydrogens (primary N) is 1. The molecule has 27 heavy (non-hydrogen) atoms. The molecule has 0 saturated heterocycles. The molecule has 1 heterocycles. The van der Waals surface area contributed by atoms with Crippen LogP contribution in [0.5, 0.6) is 0 Å². The van der Waals surface area contributed by atoms with Crippen LogP contribution in [0.1, 0.15) is 33.7 Å². The lowest BCUT2D eigenvalue weighted by Gasteiger charge is -2.15. The topological polar surface area (TPSA) is 52.0 Å². The first kappa shape index (κ1) is 18.8. The second kappa shape index (κ2) is 6.61. The molecule has 0 unspecified atom stereocenters. The molecule has 2 N–H and O–H groups in total. The molecule has 0 bridgehead atoms. The number of hydrogen-bond acceptors (Lipinski definition) is 3. The number of rotatable bonds is 3. The van der Waals surface area contributed by atoms with Crippen LogP contribution in [0.2, 0.25) is 0 Å². The van der Waals surface area contributed by atoms with Crippen molar-refractivity contribution in [1.29, 1.82) is 0 Å². The summed E-state index contributed by atoms with van der Waals surface area (Å²) in [5.41, 5.74) is 11.3. The van der Waals surface area contributed by atoms with Crippen LogP contribution in [0.3, 0.4) is 0 Å². The van der Waals surface area contributed by atoms with Gasteiger partial charge in [-0.05, 0) is 72.9 Å². The molecule has 0 radical (unpaired) electrons. The number of aromatic nitrogens is 1. The van der Waals surface area contributed by atoms with Gasteiger partial charge in [-0.25, -0.2) is 0 Å². The lowest BCUT2D eigenvalue weighted by molar-refractivity contribution is -0.137. The molecule has 1 aromatic heterocycles. The Morgan fingerprint density at radius 3 is 2.22 bits per heavy atom. The highest BCUT2D eigenvalue weighted by atomic mass is 19.4. The van der Waals surface area contributed by atoms with Crippen molar-refractivity contribution in [3.63, 3.8) is 0 Å². The summed E-state index contributed by atoms with van der Waals surface area (Å²) < 4.78 is 43.6. The Morgan fingerprint density at radius 1 is 1.07 bits per heavy atom. The zero-order valence-corrected chi connectivity index (χ0v) is 15.2. The highest BCUT2D eigenvalue weighted by Gasteiger charge is 2.30. The van der Waals surface area contributed by atoms with Crippen molar-refractivity contribution in [3.8, 4) is 11.1 Å². The summed E-state index contributed by atoms with van der Waals surface area (Å²) in [4.78, 5) is 0. The molecule has 0 fully saturated rings. The van der Waals surface area contributed by atoms with Gasteiger partial charge in [-0.3, -0.25) is 0 Å². The number of halogens is 3. The van der Waals surface area contributed by atoms with E-state index in [9.17, 15) is 13.2 Å². The lowest BCUT2D eigenvalue weighted by atomic mass is 9.90. The van der Waals surface area contributed by atoms with Crippen LogP contribution in [-0.2, 0) is 6.18 Å². The first-order valence-electron chi connectivity index (χ1n) is 8.30. The van der Waals surface area contributed by atoms with E-state index in [1.807, 2.05) is 32.9 Å². The van der Waals surface area contributed by atoms with E-state index in [0.717, 1.165) is 40.1 Å². The van der Waals surface area contributed by atoms with Crippen LogP contribution in [0.4, 0.5) is 18.9 Å². The number of nitrogens with zero attached hydrogens (tertiary/aromatic N) is 1. The van der Waals surface area contributed by atoms with Gasteiger partial charge in [0.15, 0.2) is 0 Å².